The van der Waals surface area contributed by atoms with Gasteiger partial charge in [-0.15, -0.1) is 0 Å². The van der Waals surface area contributed by atoms with Gasteiger partial charge in [-0.1, -0.05) is 45.0 Å². The van der Waals surface area contributed by atoms with E-state index in [0.717, 1.165) is 18.4 Å². The molecule has 1 aliphatic rings. The van der Waals surface area contributed by atoms with Crippen LogP contribution in [0, 0.1) is 12.8 Å². The molecule has 1 atom stereocenters. The Morgan fingerprint density at radius 3 is 2.42 bits per heavy atom. The van der Waals surface area contributed by atoms with E-state index in [2.05, 4.69) is 26.1 Å². The Labute approximate surface area is 184 Å². The number of benzene rings is 2. The molecule has 1 aliphatic heterocycles. The molecule has 2 aromatic carbocycles. The van der Waals surface area contributed by atoms with Gasteiger partial charge in [-0.05, 0) is 61.1 Å². The maximum absolute atomic E-state index is 13.2. The number of nitrogens with zero attached hydrogens (tertiary/aromatic N) is 2. The summed E-state index contributed by atoms with van der Waals surface area (Å²) in [6.07, 6.45) is 1.62. The van der Waals surface area contributed by atoms with Gasteiger partial charge < -0.3 is 10.2 Å². The summed E-state index contributed by atoms with van der Waals surface area (Å²) in [4.78, 5) is 41.9. The minimum Gasteiger partial charge on any atom is -0.326 e. The number of amides is 4. The van der Waals surface area contributed by atoms with Crippen molar-refractivity contribution in [2.75, 3.05) is 16.8 Å². The van der Waals surface area contributed by atoms with Crippen LogP contribution in [0.2, 0.25) is 0 Å². The first-order valence-electron chi connectivity index (χ1n) is 10.9. The molecule has 164 valence electrons. The van der Waals surface area contributed by atoms with Crippen molar-refractivity contribution in [1.29, 1.82) is 0 Å². The monoisotopic (exact) mass is 421 g/mol. The van der Waals surface area contributed by atoms with Gasteiger partial charge >= 0.3 is 6.03 Å². The topological polar surface area (TPSA) is 69.7 Å². The second kappa shape index (κ2) is 9.77. The summed E-state index contributed by atoms with van der Waals surface area (Å²) in [6.45, 7) is 8.57. The SMILES string of the molecule is CCc1ccc(NC(=O)CC2C(=O)N(c3cccc(C)c3)C(=O)N2CCC(C)C)cc1. The average molecular weight is 422 g/mol. The molecule has 2 aromatic rings. The molecule has 4 amide bonds. The minimum atomic E-state index is -0.804. The molecular weight excluding hydrogens is 390 g/mol. The van der Waals surface area contributed by atoms with Crippen LogP contribution in [0.4, 0.5) is 16.2 Å². The van der Waals surface area contributed by atoms with Gasteiger partial charge in [0.25, 0.3) is 5.91 Å². The quantitative estimate of drug-likeness (QED) is 0.624. The number of imide groups is 1. The zero-order valence-electron chi connectivity index (χ0n) is 18.7. The molecule has 0 radical (unpaired) electrons. The molecule has 1 N–H and O–H groups in total. The zero-order valence-corrected chi connectivity index (χ0v) is 18.7. The number of nitrogens with one attached hydrogen (secondary N) is 1. The van der Waals surface area contributed by atoms with Crippen molar-refractivity contribution in [3.05, 3.63) is 59.7 Å². The van der Waals surface area contributed by atoms with Crippen LogP contribution in [-0.2, 0) is 16.0 Å². The summed E-state index contributed by atoms with van der Waals surface area (Å²) in [5, 5.41) is 2.86. The van der Waals surface area contributed by atoms with Crippen LogP contribution in [0.1, 0.15) is 44.7 Å². The molecule has 1 saturated heterocycles. The van der Waals surface area contributed by atoms with Gasteiger partial charge in [0.1, 0.15) is 6.04 Å². The summed E-state index contributed by atoms with van der Waals surface area (Å²) in [7, 11) is 0. The third-order valence-corrected chi connectivity index (χ3v) is 5.55. The predicted octanol–water partition coefficient (Wildman–Crippen LogP) is 4.77. The maximum Gasteiger partial charge on any atom is 0.332 e. The first kappa shape index (κ1) is 22.5. The number of aryl methyl sites for hydroxylation is 2. The highest BCUT2D eigenvalue weighted by Gasteiger charge is 2.46. The molecule has 0 aliphatic carbocycles. The smallest absolute Gasteiger partial charge is 0.326 e. The number of carbonyl (C=O) groups excluding carboxylic acids is 3. The summed E-state index contributed by atoms with van der Waals surface area (Å²) < 4.78 is 0. The van der Waals surface area contributed by atoms with Gasteiger partial charge in [-0.25, -0.2) is 9.69 Å². The number of anilines is 2. The van der Waals surface area contributed by atoms with Gasteiger partial charge in [0.05, 0.1) is 12.1 Å². The molecule has 6 nitrogen and oxygen atoms in total. The molecule has 1 heterocycles. The fourth-order valence-electron chi connectivity index (χ4n) is 3.70. The van der Waals surface area contributed by atoms with E-state index in [1.165, 1.54) is 10.5 Å². The van der Waals surface area contributed by atoms with E-state index in [1.54, 1.807) is 11.0 Å². The molecule has 1 unspecified atom stereocenters. The highest BCUT2D eigenvalue weighted by molar-refractivity contribution is 6.22. The first-order valence-corrected chi connectivity index (χ1v) is 10.9. The number of urea groups is 1. The number of carbonyl (C=O) groups is 3. The first-order chi connectivity index (χ1) is 14.8. The Balaban J connectivity index is 1.79. The Hall–Kier alpha value is -3.15. The molecule has 0 aromatic heterocycles. The molecule has 31 heavy (non-hydrogen) atoms. The van der Waals surface area contributed by atoms with E-state index < -0.39 is 6.04 Å². The van der Waals surface area contributed by atoms with Crippen molar-refractivity contribution < 1.29 is 14.4 Å². The number of rotatable bonds is 8. The standard InChI is InChI=1S/C25H31N3O3/c1-5-19-9-11-20(12-10-19)26-23(29)16-22-24(30)28(21-8-6-7-18(4)15-21)25(31)27(22)14-13-17(2)3/h6-12,15,17,22H,5,13-14,16H2,1-4H3,(H,26,29). The van der Waals surface area contributed by atoms with E-state index in [-0.39, 0.29) is 24.3 Å². The van der Waals surface area contributed by atoms with E-state index in [0.29, 0.717) is 23.8 Å². The molecule has 0 spiro atoms. The number of hydrogen-bond acceptors (Lipinski definition) is 3. The lowest BCUT2D eigenvalue weighted by Gasteiger charge is -2.22. The fraction of sp³-hybridized carbons (Fsp3) is 0.400. The van der Waals surface area contributed by atoms with Crippen LogP contribution >= 0.6 is 0 Å². The van der Waals surface area contributed by atoms with Crippen LogP contribution in [0.25, 0.3) is 0 Å². The number of hydrogen-bond donors (Lipinski definition) is 1. The van der Waals surface area contributed by atoms with Crippen molar-refractivity contribution in [3.63, 3.8) is 0 Å². The molecule has 6 heteroatoms. The van der Waals surface area contributed by atoms with Gasteiger partial charge in [0, 0.05) is 12.2 Å². The minimum absolute atomic E-state index is 0.0689. The van der Waals surface area contributed by atoms with Gasteiger partial charge in [0.15, 0.2) is 0 Å². The average Bonchev–Trinajstić information content (AvgIpc) is 2.96. The summed E-state index contributed by atoms with van der Waals surface area (Å²) in [6, 6.07) is 13.8. The van der Waals surface area contributed by atoms with Gasteiger partial charge in [-0.2, -0.15) is 0 Å². The summed E-state index contributed by atoms with van der Waals surface area (Å²) in [5.41, 5.74) is 3.37. The highest BCUT2D eigenvalue weighted by atomic mass is 16.2. The predicted molar refractivity (Wildman–Crippen MR) is 123 cm³/mol. The van der Waals surface area contributed by atoms with Crippen molar-refractivity contribution >= 4 is 29.2 Å². The maximum atomic E-state index is 13.2. The molecule has 1 fully saturated rings. The van der Waals surface area contributed by atoms with Crippen LogP contribution in [0.5, 0.6) is 0 Å². The lowest BCUT2D eigenvalue weighted by Crippen LogP contribution is -2.39. The fourth-order valence-corrected chi connectivity index (χ4v) is 3.70. The Kier molecular flexibility index (Phi) is 7.10. The molecule has 3 rings (SSSR count). The zero-order chi connectivity index (χ0) is 22.5. The Morgan fingerprint density at radius 1 is 1.10 bits per heavy atom. The third kappa shape index (κ3) is 5.32. The van der Waals surface area contributed by atoms with Crippen LogP contribution < -0.4 is 10.2 Å². The van der Waals surface area contributed by atoms with Crippen LogP contribution in [-0.4, -0.2) is 35.3 Å². The van der Waals surface area contributed by atoms with Crippen LogP contribution in [0.15, 0.2) is 48.5 Å². The molecule has 0 bridgehead atoms. The molecular formula is C25H31N3O3. The van der Waals surface area contributed by atoms with Crippen molar-refractivity contribution in [2.24, 2.45) is 5.92 Å². The van der Waals surface area contributed by atoms with Crippen molar-refractivity contribution in [1.82, 2.24) is 4.90 Å². The lowest BCUT2D eigenvalue weighted by atomic mass is 10.1. The second-order valence-corrected chi connectivity index (χ2v) is 8.49. The van der Waals surface area contributed by atoms with Crippen molar-refractivity contribution in [3.8, 4) is 0 Å². The lowest BCUT2D eigenvalue weighted by molar-refractivity contribution is -0.124. The Bertz CT molecular complexity index is 953. The van der Waals surface area contributed by atoms with E-state index >= 15 is 0 Å². The third-order valence-electron chi connectivity index (χ3n) is 5.55. The van der Waals surface area contributed by atoms with E-state index in [4.69, 9.17) is 0 Å². The molecule has 0 saturated carbocycles. The van der Waals surface area contributed by atoms with Gasteiger partial charge in [-0.3, -0.25) is 9.59 Å². The second-order valence-electron chi connectivity index (χ2n) is 8.49. The largest absolute Gasteiger partial charge is 0.332 e. The van der Waals surface area contributed by atoms with E-state index in [9.17, 15) is 14.4 Å². The summed E-state index contributed by atoms with van der Waals surface area (Å²) >= 11 is 0. The van der Waals surface area contributed by atoms with Crippen molar-refractivity contribution in [2.45, 2.75) is 53.0 Å². The van der Waals surface area contributed by atoms with Crippen LogP contribution in [0.3, 0.4) is 0 Å². The normalized spacial score (nSPS) is 16.4. The summed E-state index contributed by atoms with van der Waals surface area (Å²) in [5.74, 6) is -0.255. The Morgan fingerprint density at radius 2 is 1.81 bits per heavy atom. The highest BCUT2D eigenvalue weighted by Crippen LogP contribution is 2.28. The van der Waals surface area contributed by atoms with Gasteiger partial charge in [0.2, 0.25) is 5.91 Å². The van der Waals surface area contributed by atoms with E-state index in [1.807, 2.05) is 49.4 Å².